The van der Waals surface area contributed by atoms with E-state index < -0.39 is 0 Å². The van der Waals surface area contributed by atoms with Crippen molar-refractivity contribution in [2.75, 3.05) is 6.61 Å². The van der Waals surface area contributed by atoms with E-state index in [1.165, 1.54) is 0 Å². The molecule has 0 saturated carbocycles. The van der Waals surface area contributed by atoms with Crippen molar-refractivity contribution in [3.63, 3.8) is 0 Å². The van der Waals surface area contributed by atoms with Crippen molar-refractivity contribution in [2.45, 2.75) is 67.1 Å². The highest BCUT2D eigenvalue weighted by molar-refractivity contribution is 4.68. The van der Waals surface area contributed by atoms with Crippen LogP contribution in [0.5, 0.6) is 0 Å². The van der Waals surface area contributed by atoms with Gasteiger partial charge in [0.15, 0.2) is 0 Å². The van der Waals surface area contributed by atoms with E-state index in [1.807, 2.05) is 0 Å². The van der Waals surface area contributed by atoms with E-state index in [9.17, 15) is 0 Å². The molecular weight excluding hydrogens is 164 g/mol. The number of aliphatic hydroxyl groups excluding tert-OH is 1. The van der Waals surface area contributed by atoms with E-state index >= 15 is 0 Å². The minimum atomic E-state index is -0.0156. The molecule has 0 aromatic carbocycles. The Bertz CT molecular complexity index is 83.6. The first-order chi connectivity index (χ1) is 5.12. The minimum Gasteiger partial charge on any atom is -0.397 e. The molecule has 0 rings (SSSR count). The summed E-state index contributed by atoms with van der Waals surface area (Å²) in [5.41, 5.74) is -0.0312. The molecule has 0 aliphatic heterocycles. The lowest BCUT2D eigenvalue weighted by Crippen LogP contribution is -2.31. The van der Waals surface area contributed by atoms with Gasteiger partial charge in [-0.2, -0.15) is 0 Å². The van der Waals surface area contributed by atoms with Crippen LogP contribution in [0, 0.1) is 0 Å². The molecule has 0 bridgehead atoms. The fourth-order valence-electron chi connectivity index (χ4n) is 0.919. The van der Waals surface area contributed by atoms with Crippen molar-refractivity contribution in [1.82, 2.24) is 0 Å². The topological polar surface area (TPSA) is 29.5 Å². The Hall–Kier alpha value is -0.0800. The molecule has 0 aromatic rings. The number of rotatable bonds is 0. The number of ether oxygens (including phenoxy) is 1. The number of hydrogen-bond acceptors (Lipinski definition) is 2. The zero-order valence-electron chi connectivity index (χ0n) is 9.56. The average molecular weight is 192 g/mol. The van der Waals surface area contributed by atoms with Gasteiger partial charge in [0, 0.05) is 6.61 Å². The Labute approximate surface area is 84.3 Å². The summed E-state index contributed by atoms with van der Waals surface area (Å²) in [6, 6.07) is 0. The van der Waals surface area contributed by atoms with Gasteiger partial charge in [0.2, 0.25) is 0 Å². The molecule has 0 aliphatic carbocycles. The molecule has 0 atom stereocenters. The van der Waals surface area contributed by atoms with Crippen LogP contribution < -0.4 is 0 Å². The van der Waals surface area contributed by atoms with Crippen molar-refractivity contribution in [3.8, 4) is 0 Å². The van der Waals surface area contributed by atoms with E-state index in [1.54, 1.807) is 6.92 Å². The average Bonchev–Trinajstić information content (AvgIpc) is 1.53. The van der Waals surface area contributed by atoms with Gasteiger partial charge in [0.1, 0.15) is 0 Å². The Morgan fingerprint density at radius 2 is 1.08 bits per heavy atom. The summed E-state index contributed by atoms with van der Waals surface area (Å²) < 4.78 is 5.62. The van der Waals surface area contributed by atoms with Gasteiger partial charge in [-0.3, -0.25) is 0 Å². The lowest BCUT2D eigenvalue weighted by molar-refractivity contribution is -0.102. The van der Waals surface area contributed by atoms with Crippen LogP contribution in [0.1, 0.15) is 55.9 Å². The summed E-state index contributed by atoms with van der Waals surface area (Å²) in [6.45, 7) is 14.3. The summed E-state index contributed by atoms with van der Waals surface area (Å²) in [4.78, 5) is 0. The van der Waals surface area contributed by atoms with Gasteiger partial charge in [-0.05, 0) is 48.5 Å². The third-order valence-corrected chi connectivity index (χ3v) is 0.612. The molecule has 0 fully saturated rings. The number of aliphatic hydroxyl groups is 1. The lowest BCUT2D eigenvalue weighted by atomic mass is 10.1. The van der Waals surface area contributed by atoms with Crippen LogP contribution in [0.4, 0.5) is 0 Å². The Kier molecular flexibility index (Phi) is 10.5. The largest absolute Gasteiger partial charge is 0.397 e. The van der Waals surface area contributed by atoms with Gasteiger partial charge < -0.3 is 9.84 Å². The molecule has 13 heavy (non-hydrogen) atoms. The molecule has 1 N–H and O–H groups in total. The predicted molar refractivity (Wildman–Crippen MR) is 60.1 cm³/mol. The van der Waals surface area contributed by atoms with Crippen LogP contribution in [0.3, 0.4) is 0 Å². The van der Waals surface area contributed by atoms with E-state index in [2.05, 4.69) is 41.5 Å². The Balaban J connectivity index is -0.000000220. The molecule has 0 spiro atoms. The molecule has 0 aromatic heterocycles. The molecular formula is C11H28O2. The fraction of sp³-hybridized carbons (Fsp3) is 1.00. The van der Waals surface area contributed by atoms with Crippen LogP contribution in [-0.4, -0.2) is 22.9 Å². The molecule has 2 heteroatoms. The second-order valence-electron chi connectivity index (χ2n) is 4.64. The highest BCUT2D eigenvalue weighted by Gasteiger charge is 2.19. The standard InChI is InChI=1S/C8H18O.C2H6O.CH4/c1-7(2,3)9-8(4,5)6;1-2-3;/h1-6H3;3H,2H2,1H3;1H4. The Morgan fingerprint density at radius 3 is 1.08 bits per heavy atom. The van der Waals surface area contributed by atoms with Crippen LogP contribution in [0.25, 0.3) is 0 Å². The minimum absolute atomic E-state index is 0. The van der Waals surface area contributed by atoms with Crippen LogP contribution >= 0.6 is 0 Å². The van der Waals surface area contributed by atoms with E-state index in [0.717, 1.165) is 0 Å². The van der Waals surface area contributed by atoms with E-state index in [0.29, 0.717) is 0 Å². The molecule has 0 amide bonds. The second-order valence-corrected chi connectivity index (χ2v) is 4.64. The summed E-state index contributed by atoms with van der Waals surface area (Å²) >= 11 is 0. The quantitative estimate of drug-likeness (QED) is 0.638. The molecule has 0 radical (unpaired) electrons. The number of hydrogen-bond donors (Lipinski definition) is 1. The van der Waals surface area contributed by atoms with Crippen molar-refractivity contribution in [2.24, 2.45) is 0 Å². The van der Waals surface area contributed by atoms with E-state index in [4.69, 9.17) is 9.84 Å². The smallest absolute Gasteiger partial charge is 0.0605 e. The first-order valence-electron chi connectivity index (χ1n) is 4.43. The van der Waals surface area contributed by atoms with Crippen LogP contribution in [-0.2, 0) is 4.74 Å². The highest BCUT2D eigenvalue weighted by Crippen LogP contribution is 2.17. The lowest BCUT2D eigenvalue weighted by Gasteiger charge is -2.30. The van der Waals surface area contributed by atoms with Gasteiger partial charge in [0.25, 0.3) is 0 Å². The normalized spacial score (nSPS) is 11.1. The van der Waals surface area contributed by atoms with Crippen molar-refractivity contribution in [1.29, 1.82) is 0 Å². The molecule has 2 nitrogen and oxygen atoms in total. The maximum absolute atomic E-state index is 7.57. The van der Waals surface area contributed by atoms with Crippen molar-refractivity contribution >= 4 is 0 Å². The predicted octanol–water partition coefficient (Wildman–Crippen LogP) is 3.23. The van der Waals surface area contributed by atoms with Crippen LogP contribution in [0.15, 0.2) is 0 Å². The monoisotopic (exact) mass is 192 g/mol. The summed E-state index contributed by atoms with van der Waals surface area (Å²) in [6.07, 6.45) is 0. The van der Waals surface area contributed by atoms with E-state index in [-0.39, 0.29) is 25.2 Å². The molecule has 84 valence electrons. The van der Waals surface area contributed by atoms with Gasteiger partial charge >= 0.3 is 0 Å². The summed E-state index contributed by atoms with van der Waals surface area (Å²) in [5, 5.41) is 7.57. The Morgan fingerprint density at radius 1 is 0.923 bits per heavy atom. The summed E-state index contributed by atoms with van der Waals surface area (Å²) in [5.74, 6) is 0. The molecule has 0 unspecified atom stereocenters. The first-order valence-corrected chi connectivity index (χ1v) is 4.43. The molecule has 0 saturated heterocycles. The zero-order valence-corrected chi connectivity index (χ0v) is 9.56. The zero-order chi connectivity index (χ0) is 10.4. The van der Waals surface area contributed by atoms with Crippen LogP contribution in [0.2, 0.25) is 0 Å². The third-order valence-electron chi connectivity index (χ3n) is 0.612. The fourth-order valence-corrected chi connectivity index (χ4v) is 0.919. The van der Waals surface area contributed by atoms with Gasteiger partial charge in [-0.25, -0.2) is 0 Å². The van der Waals surface area contributed by atoms with Gasteiger partial charge in [0.05, 0.1) is 11.2 Å². The third kappa shape index (κ3) is 33.5. The van der Waals surface area contributed by atoms with Crippen molar-refractivity contribution in [3.05, 3.63) is 0 Å². The molecule has 0 heterocycles. The maximum atomic E-state index is 7.57. The first kappa shape index (κ1) is 18.7. The van der Waals surface area contributed by atoms with Gasteiger partial charge in [-0.15, -0.1) is 0 Å². The van der Waals surface area contributed by atoms with Crippen molar-refractivity contribution < 1.29 is 9.84 Å². The molecule has 0 aliphatic rings. The van der Waals surface area contributed by atoms with Gasteiger partial charge in [-0.1, -0.05) is 7.43 Å². The highest BCUT2D eigenvalue weighted by atomic mass is 16.5. The summed E-state index contributed by atoms with van der Waals surface area (Å²) in [7, 11) is 0. The second kappa shape index (κ2) is 7.34. The maximum Gasteiger partial charge on any atom is 0.0605 e. The SMILES string of the molecule is C.CC(C)(C)OC(C)(C)C.CCO.